The summed E-state index contributed by atoms with van der Waals surface area (Å²) in [5, 5.41) is 0. The number of hydrogen-bond acceptors (Lipinski definition) is 6. The summed E-state index contributed by atoms with van der Waals surface area (Å²) in [7, 11) is -1.72. The average Bonchev–Trinajstić information content (AvgIpc) is 2.60. The normalized spacial score (nSPS) is 18.7. The Kier molecular flexibility index (Phi) is 5.27. The highest BCUT2D eigenvalue weighted by atomic mass is 32.2. The Morgan fingerprint density at radius 1 is 1.11 bits per heavy atom. The molecule has 1 aromatic rings. The maximum atomic E-state index is 13.0. The quantitative estimate of drug-likeness (QED) is 0.757. The first-order valence-electron chi connectivity index (χ1n) is 9.04. The van der Waals surface area contributed by atoms with Gasteiger partial charge in [-0.3, -0.25) is 0 Å². The number of piperazine rings is 1. The van der Waals surface area contributed by atoms with E-state index in [-0.39, 0.29) is 18.0 Å². The molecule has 0 unspecified atom stereocenters. The van der Waals surface area contributed by atoms with E-state index in [0.717, 1.165) is 5.69 Å². The predicted octanol–water partition coefficient (Wildman–Crippen LogP) is 1.76. The van der Waals surface area contributed by atoms with Gasteiger partial charge in [-0.15, -0.1) is 0 Å². The van der Waals surface area contributed by atoms with Gasteiger partial charge in [0.15, 0.2) is 0 Å². The van der Waals surface area contributed by atoms with Crippen LogP contribution in [0.4, 0.5) is 10.5 Å². The van der Waals surface area contributed by atoms with Crippen molar-refractivity contribution in [3.8, 4) is 5.75 Å². The van der Waals surface area contributed by atoms with E-state index in [9.17, 15) is 13.2 Å². The van der Waals surface area contributed by atoms with Crippen molar-refractivity contribution in [2.75, 3.05) is 51.3 Å². The summed E-state index contributed by atoms with van der Waals surface area (Å²) in [5.74, 6) is 0.692. The second-order valence-electron chi connectivity index (χ2n) is 7.77. The molecule has 0 atom stereocenters. The summed E-state index contributed by atoms with van der Waals surface area (Å²) in [6.07, 6.45) is -0.410. The van der Waals surface area contributed by atoms with E-state index in [4.69, 9.17) is 9.47 Å². The van der Waals surface area contributed by atoms with Gasteiger partial charge in [-0.1, -0.05) is 0 Å². The molecule has 0 saturated carbocycles. The molecule has 8 nitrogen and oxygen atoms in total. The van der Waals surface area contributed by atoms with E-state index in [1.54, 1.807) is 23.1 Å². The van der Waals surface area contributed by atoms with Crippen molar-refractivity contribution in [3.05, 3.63) is 18.2 Å². The Balaban J connectivity index is 1.70. The van der Waals surface area contributed by atoms with E-state index in [1.165, 1.54) is 4.31 Å². The molecule has 0 N–H and O–H groups in total. The smallest absolute Gasteiger partial charge is 0.410 e. The molecule has 0 aliphatic carbocycles. The van der Waals surface area contributed by atoms with Gasteiger partial charge in [-0.25, -0.2) is 13.2 Å². The van der Waals surface area contributed by atoms with Crippen molar-refractivity contribution in [1.82, 2.24) is 9.21 Å². The van der Waals surface area contributed by atoms with E-state index in [0.29, 0.717) is 32.0 Å². The maximum Gasteiger partial charge on any atom is 0.410 e. The minimum atomic E-state index is -3.63. The number of benzene rings is 1. The lowest BCUT2D eigenvalue weighted by Gasteiger charge is -2.35. The summed E-state index contributed by atoms with van der Waals surface area (Å²) < 4.78 is 38.4. The molecule has 0 radical (unpaired) electrons. The Morgan fingerprint density at radius 2 is 1.78 bits per heavy atom. The first-order chi connectivity index (χ1) is 12.6. The molecular weight excluding hydrogens is 370 g/mol. The Hall–Kier alpha value is -2.00. The number of hydrogen-bond donors (Lipinski definition) is 0. The number of carbonyl (C=O) groups is 1. The lowest BCUT2D eigenvalue weighted by molar-refractivity contribution is 0.0192. The number of nitrogens with zero attached hydrogens (tertiary/aromatic N) is 3. The lowest BCUT2D eigenvalue weighted by atomic mass is 10.2. The molecule has 2 aliphatic heterocycles. The van der Waals surface area contributed by atoms with Gasteiger partial charge < -0.3 is 19.3 Å². The van der Waals surface area contributed by atoms with Crippen LogP contribution in [0, 0.1) is 0 Å². The Morgan fingerprint density at radius 3 is 2.41 bits per heavy atom. The van der Waals surface area contributed by atoms with Crippen molar-refractivity contribution in [2.24, 2.45) is 0 Å². The van der Waals surface area contributed by atoms with Crippen LogP contribution in [-0.2, 0) is 14.8 Å². The molecule has 27 heavy (non-hydrogen) atoms. The lowest BCUT2D eigenvalue weighted by Crippen LogP contribution is -2.51. The van der Waals surface area contributed by atoms with Gasteiger partial charge in [0.25, 0.3) is 0 Å². The summed E-state index contributed by atoms with van der Waals surface area (Å²) in [5.41, 5.74) is 0.201. The van der Waals surface area contributed by atoms with Crippen molar-refractivity contribution >= 4 is 21.8 Å². The van der Waals surface area contributed by atoms with E-state index >= 15 is 0 Å². The van der Waals surface area contributed by atoms with Crippen molar-refractivity contribution in [1.29, 1.82) is 0 Å². The van der Waals surface area contributed by atoms with Gasteiger partial charge in [0, 0.05) is 33.2 Å². The van der Waals surface area contributed by atoms with Gasteiger partial charge in [0.1, 0.15) is 18.0 Å². The fourth-order valence-electron chi connectivity index (χ4n) is 3.08. The van der Waals surface area contributed by atoms with Crippen LogP contribution in [0.3, 0.4) is 0 Å². The van der Waals surface area contributed by atoms with Crippen LogP contribution in [0.5, 0.6) is 5.75 Å². The molecule has 0 aromatic heterocycles. The topological polar surface area (TPSA) is 79.4 Å². The van der Waals surface area contributed by atoms with Crippen molar-refractivity contribution in [2.45, 2.75) is 31.3 Å². The predicted molar refractivity (Wildman–Crippen MR) is 102 cm³/mol. The van der Waals surface area contributed by atoms with Crippen molar-refractivity contribution in [3.63, 3.8) is 0 Å². The summed E-state index contributed by atoms with van der Waals surface area (Å²) in [6.45, 7) is 7.82. The van der Waals surface area contributed by atoms with Crippen LogP contribution in [0.25, 0.3) is 0 Å². The third-order valence-electron chi connectivity index (χ3n) is 4.55. The molecule has 3 rings (SSSR count). The number of amides is 1. The molecule has 0 spiro atoms. The van der Waals surface area contributed by atoms with Crippen LogP contribution in [0.1, 0.15) is 20.8 Å². The monoisotopic (exact) mass is 397 g/mol. The van der Waals surface area contributed by atoms with Gasteiger partial charge in [-0.05, 0) is 39.0 Å². The highest BCUT2D eigenvalue weighted by Crippen LogP contribution is 2.33. The zero-order chi connectivity index (χ0) is 19.8. The molecule has 0 bridgehead atoms. The molecule has 2 heterocycles. The zero-order valence-corrected chi connectivity index (χ0v) is 17.1. The largest absolute Gasteiger partial charge is 0.490 e. The highest BCUT2D eigenvalue weighted by Gasteiger charge is 2.32. The number of ether oxygens (including phenoxy) is 2. The van der Waals surface area contributed by atoms with Gasteiger partial charge >= 0.3 is 6.09 Å². The molecular formula is C18H27N3O5S. The number of rotatable bonds is 2. The maximum absolute atomic E-state index is 13.0. The number of sulfonamides is 1. The second-order valence-corrected chi connectivity index (χ2v) is 9.71. The third-order valence-corrected chi connectivity index (χ3v) is 6.45. The fourth-order valence-corrected chi connectivity index (χ4v) is 4.52. The van der Waals surface area contributed by atoms with Crippen molar-refractivity contribution < 1.29 is 22.7 Å². The molecule has 9 heteroatoms. The van der Waals surface area contributed by atoms with Gasteiger partial charge in [0.05, 0.1) is 17.1 Å². The summed E-state index contributed by atoms with van der Waals surface area (Å²) >= 11 is 0. The Labute approximate surface area is 160 Å². The number of fused-ring (bicyclic) bond motifs is 1. The van der Waals surface area contributed by atoms with E-state index < -0.39 is 21.7 Å². The number of anilines is 1. The van der Waals surface area contributed by atoms with Crippen LogP contribution in [0.15, 0.2) is 23.1 Å². The Bertz CT molecular complexity index is 811. The number of likely N-dealkylation sites (N-methyl/N-ethyl adjacent to an activating group) is 1. The van der Waals surface area contributed by atoms with E-state index in [1.807, 2.05) is 32.7 Å². The van der Waals surface area contributed by atoms with E-state index in [2.05, 4.69) is 0 Å². The molecule has 2 aliphatic rings. The first-order valence-corrected chi connectivity index (χ1v) is 10.5. The van der Waals surface area contributed by atoms with Crippen LogP contribution >= 0.6 is 0 Å². The summed E-state index contributed by atoms with van der Waals surface area (Å²) in [6, 6.07) is 4.94. The molecule has 150 valence electrons. The third kappa shape index (κ3) is 4.30. The average molecular weight is 397 g/mol. The van der Waals surface area contributed by atoms with Gasteiger partial charge in [-0.2, -0.15) is 4.31 Å². The van der Waals surface area contributed by atoms with Crippen LogP contribution in [-0.4, -0.2) is 75.7 Å². The summed E-state index contributed by atoms with van der Waals surface area (Å²) in [4.78, 5) is 15.9. The zero-order valence-electron chi connectivity index (χ0n) is 16.3. The molecule has 1 saturated heterocycles. The van der Waals surface area contributed by atoms with Crippen LogP contribution < -0.4 is 9.64 Å². The fraction of sp³-hybridized carbons (Fsp3) is 0.611. The highest BCUT2D eigenvalue weighted by molar-refractivity contribution is 7.89. The standard InChI is InChI=1S/C18H27N3O5S/c1-18(2,3)26-17(22)20-7-9-21(10-8-20)27(23,24)14-5-6-16-15(13-14)19(4)11-12-25-16/h5-6,13H,7-12H2,1-4H3. The minimum absolute atomic E-state index is 0.240. The SMILES string of the molecule is CN1CCOc2ccc(S(=O)(=O)N3CCN(C(=O)OC(C)(C)C)CC3)cc21. The molecule has 1 aromatic carbocycles. The minimum Gasteiger partial charge on any atom is -0.490 e. The molecule has 1 fully saturated rings. The van der Waals surface area contributed by atoms with Crippen LogP contribution in [0.2, 0.25) is 0 Å². The molecule has 1 amide bonds. The first kappa shape index (κ1) is 19.8. The second kappa shape index (κ2) is 7.20. The number of carbonyl (C=O) groups excluding carboxylic acids is 1. The van der Waals surface area contributed by atoms with Gasteiger partial charge in [0.2, 0.25) is 10.0 Å².